The molecule has 3 unspecified atom stereocenters. The summed E-state index contributed by atoms with van der Waals surface area (Å²) in [5.41, 5.74) is 1.97. The zero-order valence-corrected chi connectivity index (χ0v) is 25.4. The highest BCUT2D eigenvalue weighted by Gasteiger charge is 2.76. The van der Waals surface area contributed by atoms with Crippen LogP contribution in [0.2, 0.25) is 0 Å². The molecule has 41 heavy (non-hydrogen) atoms. The Morgan fingerprint density at radius 1 is 0.976 bits per heavy atom. The third kappa shape index (κ3) is 5.40. The van der Waals surface area contributed by atoms with Gasteiger partial charge in [-0.1, -0.05) is 88.7 Å². The molecule has 7 nitrogen and oxygen atoms in total. The van der Waals surface area contributed by atoms with Gasteiger partial charge in [0.2, 0.25) is 17.7 Å². The number of halogens is 1. The van der Waals surface area contributed by atoms with Gasteiger partial charge in [-0.2, -0.15) is 0 Å². The smallest absolute Gasteiger partial charge is 0.247 e. The molecular weight excluding hydrogens is 602 g/mol. The molecule has 3 fully saturated rings. The summed E-state index contributed by atoms with van der Waals surface area (Å²) in [6.45, 7) is 8.98. The molecule has 3 amide bonds. The monoisotopic (exact) mass is 637 g/mol. The van der Waals surface area contributed by atoms with Crippen LogP contribution in [0.25, 0.3) is 0 Å². The average Bonchev–Trinajstić information content (AvgIpc) is 3.56. The van der Waals surface area contributed by atoms with Crippen molar-refractivity contribution in [2.75, 3.05) is 26.2 Å². The highest BCUT2D eigenvalue weighted by atomic mass is 79.9. The zero-order valence-electron chi connectivity index (χ0n) is 23.0. The van der Waals surface area contributed by atoms with Crippen LogP contribution in [0.15, 0.2) is 86.0 Å². The summed E-state index contributed by atoms with van der Waals surface area (Å²) in [5.74, 6) is -1.73. The summed E-state index contributed by atoms with van der Waals surface area (Å²) < 4.78 is -0.773. The van der Waals surface area contributed by atoms with Crippen LogP contribution in [0.4, 0.5) is 0 Å². The van der Waals surface area contributed by atoms with Crippen molar-refractivity contribution in [3.05, 3.63) is 97.1 Å². The molecule has 1 spiro atoms. The number of fused-ring (bicyclic) bond motifs is 1. The lowest BCUT2D eigenvalue weighted by molar-refractivity contribution is -0.145. The topological polar surface area (TPSA) is 81.2 Å². The van der Waals surface area contributed by atoms with E-state index in [4.69, 9.17) is 0 Å². The predicted molar refractivity (Wildman–Crippen MR) is 165 cm³/mol. The Hall–Kier alpha value is -2.88. The van der Waals surface area contributed by atoms with Crippen LogP contribution in [-0.4, -0.2) is 84.6 Å². The summed E-state index contributed by atoms with van der Waals surface area (Å²) in [7, 11) is 0. The Balaban J connectivity index is 1.50. The fraction of sp³-hybridized carbons (Fsp3) is 0.406. The number of thioether (sulfide) groups is 1. The van der Waals surface area contributed by atoms with Gasteiger partial charge in [-0.3, -0.25) is 14.4 Å². The lowest BCUT2D eigenvalue weighted by atomic mass is 9.70. The molecule has 2 aromatic carbocycles. The van der Waals surface area contributed by atoms with Gasteiger partial charge in [0.05, 0.1) is 23.2 Å². The minimum absolute atomic E-state index is 0.0286. The minimum atomic E-state index is -0.786. The Labute approximate surface area is 254 Å². The number of rotatable bonds is 12. The van der Waals surface area contributed by atoms with E-state index in [1.807, 2.05) is 60.7 Å². The predicted octanol–water partition coefficient (Wildman–Crippen LogP) is 3.87. The van der Waals surface area contributed by atoms with Gasteiger partial charge in [-0.05, 0) is 17.5 Å². The lowest BCUT2D eigenvalue weighted by Crippen LogP contribution is -2.56. The van der Waals surface area contributed by atoms with E-state index in [9.17, 15) is 19.5 Å². The van der Waals surface area contributed by atoms with Crippen LogP contribution >= 0.6 is 27.7 Å². The second kappa shape index (κ2) is 12.5. The second-order valence-electron chi connectivity index (χ2n) is 10.9. The molecule has 216 valence electrons. The number of aliphatic hydroxyl groups is 1. The van der Waals surface area contributed by atoms with Crippen molar-refractivity contribution in [1.82, 2.24) is 14.7 Å². The van der Waals surface area contributed by atoms with E-state index in [2.05, 4.69) is 29.1 Å². The first-order valence-corrected chi connectivity index (χ1v) is 15.8. The molecule has 3 aliphatic rings. The van der Waals surface area contributed by atoms with Crippen LogP contribution in [0.1, 0.15) is 17.5 Å². The molecule has 2 bridgehead atoms. The van der Waals surface area contributed by atoms with Crippen LogP contribution in [-0.2, 0) is 27.5 Å². The molecule has 0 aromatic heterocycles. The number of likely N-dealkylation sites (tertiary alicyclic amines) is 1. The molecule has 9 heteroatoms. The second-order valence-corrected chi connectivity index (χ2v) is 13.6. The third-order valence-electron chi connectivity index (χ3n) is 8.40. The number of hydrogen-bond donors (Lipinski definition) is 1. The van der Waals surface area contributed by atoms with E-state index >= 15 is 0 Å². The van der Waals surface area contributed by atoms with Crippen LogP contribution in [0, 0.1) is 11.8 Å². The van der Waals surface area contributed by atoms with E-state index in [0.29, 0.717) is 32.6 Å². The highest BCUT2D eigenvalue weighted by molar-refractivity contribution is 9.09. The Morgan fingerprint density at radius 2 is 1.51 bits per heavy atom. The molecule has 0 saturated carbocycles. The standard InChI is InChI=1S/C32H36BrN3O4S/c1-3-15-34(20-22-11-7-5-8-12-22)29(38)25-26-30(39)36(17-18-37)28(32(26)19-24(33)27(25)41-32)31(40)35(16-4-2)21-23-13-9-6-10-14-23/h3-14,24-28,37H,1-2,15-21H2/t24?,25-,26-,27-,28?,32?/m0/s1. The maximum Gasteiger partial charge on any atom is 0.247 e. The molecule has 0 radical (unpaired) electrons. The van der Waals surface area contributed by atoms with E-state index < -0.39 is 22.6 Å². The Morgan fingerprint density at radius 3 is 2.02 bits per heavy atom. The number of benzene rings is 2. The fourth-order valence-corrected chi connectivity index (χ4v) is 10.4. The largest absolute Gasteiger partial charge is 0.395 e. The number of carbonyl (C=O) groups is 3. The zero-order chi connectivity index (χ0) is 29.1. The Bertz CT molecular complexity index is 1290. The number of nitrogens with zero attached hydrogens (tertiary/aromatic N) is 3. The molecule has 0 aliphatic carbocycles. The molecule has 3 aliphatic heterocycles. The Kier molecular flexibility index (Phi) is 9.06. The molecule has 1 N–H and O–H groups in total. The van der Waals surface area contributed by atoms with E-state index in [0.717, 1.165) is 11.1 Å². The van der Waals surface area contributed by atoms with Crippen molar-refractivity contribution >= 4 is 45.4 Å². The SMILES string of the molecule is C=CCN(Cc1ccccc1)C(=O)C1N(CCO)C(=O)[C@@H]2[C@H](C(=O)N(CC=C)Cc3ccccc3)[C@H]3SC12CC3Br. The van der Waals surface area contributed by atoms with Gasteiger partial charge in [-0.25, -0.2) is 0 Å². The quantitative estimate of drug-likeness (QED) is 0.282. The summed E-state index contributed by atoms with van der Waals surface area (Å²) in [6, 6.07) is 18.7. The van der Waals surface area contributed by atoms with Gasteiger partial charge in [-0.15, -0.1) is 24.9 Å². The number of aliphatic hydroxyl groups excluding tert-OH is 1. The first-order chi connectivity index (χ1) is 19.9. The average molecular weight is 639 g/mol. The molecule has 2 aromatic rings. The van der Waals surface area contributed by atoms with Crippen LogP contribution in [0.5, 0.6) is 0 Å². The van der Waals surface area contributed by atoms with E-state index in [-0.39, 0.29) is 41.0 Å². The maximum atomic E-state index is 14.4. The number of alkyl halides is 1. The van der Waals surface area contributed by atoms with Crippen LogP contribution < -0.4 is 0 Å². The molecule has 3 saturated heterocycles. The van der Waals surface area contributed by atoms with Gasteiger partial charge >= 0.3 is 0 Å². The summed E-state index contributed by atoms with van der Waals surface area (Å²) in [5, 5.41) is 9.82. The van der Waals surface area contributed by atoms with Crippen molar-refractivity contribution in [3.8, 4) is 0 Å². The van der Waals surface area contributed by atoms with Gasteiger partial charge in [0.25, 0.3) is 0 Å². The molecule has 6 atom stereocenters. The van der Waals surface area contributed by atoms with Crippen molar-refractivity contribution in [2.45, 2.75) is 40.4 Å². The van der Waals surface area contributed by atoms with Crippen molar-refractivity contribution in [3.63, 3.8) is 0 Å². The van der Waals surface area contributed by atoms with E-state index in [1.165, 1.54) is 4.90 Å². The van der Waals surface area contributed by atoms with Gasteiger partial charge in [0.15, 0.2) is 0 Å². The number of β-amino-alcohol motifs (C(OH)–C–C–N with tert-alkyl or cyclic N) is 1. The first kappa shape index (κ1) is 29.6. The summed E-state index contributed by atoms with van der Waals surface area (Å²) in [4.78, 5) is 47.9. The summed E-state index contributed by atoms with van der Waals surface area (Å²) >= 11 is 5.45. The summed E-state index contributed by atoms with van der Waals surface area (Å²) in [6.07, 6.45) is 3.99. The number of hydrogen-bond acceptors (Lipinski definition) is 5. The van der Waals surface area contributed by atoms with Gasteiger partial charge in [0, 0.05) is 42.8 Å². The molecular formula is C32H36BrN3O4S. The third-order valence-corrected chi connectivity index (χ3v) is 11.6. The number of amides is 3. The van der Waals surface area contributed by atoms with Crippen LogP contribution in [0.3, 0.4) is 0 Å². The maximum absolute atomic E-state index is 14.4. The molecule has 3 heterocycles. The van der Waals surface area contributed by atoms with Crippen molar-refractivity contribution < 1.29 is 19.5 Å². The minimum Gasteiger partial charge on any atom is -0.395 e. The van der Waals surface area contributed by atoms with E-state index in [1.54, 1.807) is 33.7 Å². The van der Waals surface area contributed by atoms with Crippen molar-refractivity contribution in [1.29, 1.82) is 0 Å². The lowest BCUT2D eigenvalue weighted by Gasteiger charge is -2.38. The number of carbonyl (C=O) groups excluding carboxylic acids is 3. The van der Waals surface area contributed by atoms with Crippen molar-refractivity contribution in [2.24, 2.45) is 11.8 Å². The molecule has 5 rings (SSSR count). The van der Waals surface area contributed by atoms with Gasteiger partial charge in [0.1, 0.15) is 6.04 Å². The first-order valence-electron chi connectivity index (χ1n) is 14.0. The van der Waals surface area contributed by atoms with Gasteiger partial charge < -0.3 is 19.8 Å². The normalized spacial score (nSPS) is 27.9. The fourth-order valence-electron chi connectivity index (χ4n) is 6.81. The highest BCUT2D eigenvalue weighted by Crippen LogP contribution is 2.68.